The van der Waals surface area contributed by atoms with Crippen LogP contribution in [0.15, 0.2) is 24.3 Å². The molecule has 2 aliphatic heterocycles. The van der Waals surface area contributed by atoms with Gasteiger partial charge in [-0.3, -0.25) is 9.69 Å². The van der Waals surface area contributed by atoms with Crippen LogP contribution < -0.4 is 5.32 Å². The van der Waals surface area contributed by atoms with Gasteiger partial charge in [0.2, 0.25) is 5.91 Å². The fourth-order valence-corrected chi connectivity index (χ4v) is 3.73. The van der Waals surface area contributed by atoms with Gasteiger partial charge in [-0.05, 0) is 43.5 Å². The van der Waals surface area contributed by atoms with Crippen LogP contribution in [0.25, 0.3) is 0 Å². The van der Waals surface area contributed by atoms with Gasteiger partial charge in [0.15, 0.2) is 0 Å². The summed E-state index contributed by atoms with van der Waals surface area (Å²) in [6, 6.07) is 5.37. The van der Waals surface area contributed by atoms with E-state index < -0.39 is 11.7 Å². The summed E-state index contributed by atoms with van der Waals surface area (Å²) in [5.74, 6) is 0.332. The van der Waals surface area contributed by atoms with Gasteiger partial charge in [-0.15, -0.1) is 0 Å². The molecule has 0 radical (unpaired) electrons. The normalized spacial score (nSPS) is 22.9. The highest BCUT2D eigenvalue weighted by atomic mass is 19.4. The Morgan fingerprint density at radius 3 is 2.50 bits per heavy atom. The van der Waals surface area contributed by atoms with Crippen molar-refractivity contribution in [1.82, 2.24) is 15.1 Å². The topological polar surface area (TPSA) is 35.6 Å². The predicted molar refractivity (Wildman–Crippen MR) is 93.5 cm³/mol. The van der Waals surface area contributed by atoms with E-state index in [1.807, 2.05) is 4.90 Å². The van der Waals surface area contributed by atoms with Crippen molar-refractivity contribution in [1.29, 1.82) is 0 Å². The number of hydrogen-bond donors (Lipinski definition) is 1. The zero-order valence-electron chi connectivity index (χ0n) is 14.9. The van der Waals surface area contributed by atoms with E-state index in [2.05, 4.69) is 10.2 Å². The van der Waals surface area contributed by atoms with Crippen molar-refractivity contribution < 1.29 is 18.0 Å². The molecule has 26 heavy (non-hydrogen) atoms. The molecule has 4 nitrogen and oxygen atoms in total. The van der Waals surface area contributed by atoms with Crippen LogP contribution in [0.2, 0.25) is 0 Å². The Balaban J connectivity index is 1.52. The van der Waals surface area contributed by atoms with Gasteiger partial charge in [-0.25, -0.2) is 0 Å². The van der Waals surface area contributed by atoms with Crippen molar-refractivity contribution in [3.8, 4) is 0 Å². The molecule has 0 spiro atoms. The van der Waals surface area contributed by atoms with E-state index in [1.165, 1.54) is 0 Å². The Kier molecular flexibility index (Phi) is 6.19. The van der Waals surface area contributed by atoms with E-state index in [1.54, 1.807) is 12.1 Å². The minimum atomic E-state index is -4.30. The molecule has 1 aromatic rings. The molecule has 0 aliphatic carbocycles. The molecule has 0 saturated carbocycles. The minimum Gasteiger partial charge on any atom is -0.341 e. The number of hydrogen-bond acceptors (Lipinski definition) is 3. The summed E-state index contributed by atoms with van der Waals surface area (Å²) in [5.41, 5.74) is 0.254. The summed E-state index contributed by atoms with van der Waals surface area (Å²) in [7, 11) is 0. The number of nitrogens with one attached hydrogen (secondary N) is 1. The van der Waals surface area contributed by atoms with E-state index in [-0.39, 0.29) is 11.8 Å². The number of benzene rings is 1. The van der Waals surface area contributed by atoms with Crippen molar-refractivity contribution in [2.45, 2.75) is 32.0 Å². The van der Waals surface area contributed by atoms with E-state index in [0.29, 0.717) is 13.1 Å². The standard InChI is InChI=1S/C19H26F3N3O/c20-19(21,22)17-6-4-15(5-7-17)14-24-9-2-10-25(12-11-24)18(26)16-3-1-8-23-13-16/h4-7,16,23H,1-3,8-14H2. The maximum atomic E-state index is 12.7. The number of halogens is 3. The van der Waals surface area contributed by atoms with Gasteiger partial charge in [0.05, 0.1) is 11.5 Å². The van der Waals surface area contributed by atoms with Crippen LogP contribution in [0.3, 0.4) is 0 Å². The zero-order chi connectivity index (χ0) is 18.6. The fraction of sp³-hybridized carbons (Fsp3) is 0.632. The molecule has 1 amide bonds. The molecule has 1 aromatic carbocycles. The van der Waals surface area contributed by atoms with Gasteiger partial charge in [-0.2, -0.15) is 13.2 Å². The predicted octanol–water partition coefficient (Wildman–Crippen LogP) is 2.74. The van der Waals surface area contributed by atoms with E-state index in [0.717, 1.165) is 69.7 Å². The Morgan fingerprint density at radius 2 is 1.85 bits per heavy atom. The van der Waals surface area contributed by atoms with Crippen molar-refractivity contribution in [2.75, 3.05) is 39.3 Å². The molecule has 1 unspecified atom stereocenters. The van der Waals surface area contributed by atoms with Gasteiger partial charge in [0, 0.05) is 39.3 Å². The third kappa shape index (κ3) is 4.98. The van der Waals surface area contributed by atoms with Crippen LogP contribution in [-0.4, -0.2) is 55.0 Å². The third-order valence-electron chi connectivity index (χ3n) is 5.23. The highest BCUT2D eigenvalue weighted by molar-refractivity contribution is 5.79. The van der Waals surface area contributed by atoms with E-state index in [4.69, 9.17) is 0 Å². The average molecular weight is 369 g/mol. The minimum absolute atomic E-state index is 0.0882. The first-order valence-electron chi connectivity index (χ1n) is 9.31. The van der Waals surface area contributed by atoms with E-state index in [9.17, 15) is 18.0 Å². The molecular formula is C19H26F3N3O. The maximum Gasteiger partial charge on any atom is 0.416 e. The van der Waals surface area contributed by atoms with Crippen LogP contribution in [0.5, 0.6) is 0 Å². The Morgan fingerprint density at radius 1 is 1.08 bits per heavy atom. The molecule has 2 aliphatic rings. The first-order chi connectivity index (χ1) is 12.4. The summed E-state index contributed by atoms with van der Waals surface area (Å²) < 4.78 is 38.0. The highest BCUT2D eigenvalue weighted by Gasteiger charge is 2.30. The molecule has 2 saturated heterocycles. The number of piperidine rings is 1. The van der Waals surface area contributed by atoms with Crippen LogP contribution in [-0.2, 0) is 17.5 Å². The van der Waals surface area contributed by atoms with Crippen LogP contribution in [0, 0.1) is 5.92 Å². The molecule has 2 heterocycles. The Labute approximate surface area is 152 Å². The fourth-order valence-electron chi connectivity index (χ4n) is 3.73. The number of nitrogens with zero attached hydrogens (tertiary/aromatic N) is 2. The lowest BCUT2D eigenvalue weighted by Crippen LogP contribution is -2.44. The van der Waals surface area contributed by atoms with Crippen molar-refractivity contribution in [2.24, 2.45) is 5.92 Å². The van der Waals surface area contributed by atoms with Crippen LogP contribution in [0.1, 0.15) is 30.4 Å². The summed E-state index contributed by atoms with van der Waals surface area (Å²) in [6.07, 6.45) is -1.40. The number of rotatable bonds is 3. The van der Waals surface area contributed by atoms with Gasteiger partial charge in [0.1, 0.15) is 0 Å². The smallest absolute Gasteiger partial charge is 0.341 e. The lowest BCUT2D eigenvalue weighted by molar-refractivity contribution is -0.137. The summed E-state index contributed by atoms with van der Waals surface area (Å²) >= 11 is 0. The first-order valence-corrected chi connectivity index (χ1v) is 9.31. The molecule has 7 heteroatoms. The largest absolute Gasteiger partial charge is 0.416 e. The molecule has 0 bridgehead atoms. The van der Waals surface area contributed by atoms with Gasteiger partial charge >= 0.3 is 6.18 Å². The van der Waals surface area contributed by atoms with Gasteiger partial charge in [-0.1, -0.05) is 12.1 Å². The number of carbonyl (C=O) groups excluding carboxylic acids is 1. The zero-order valence-corrected chi connectivity index (χ0v) is 14.9. The van der Waals surface area contributed by atoms with Crippen molar-refractivity contribution in [3.05, 3.63) is 35.4 Å². The van der Waals surface area contributed by atoms with Gasteiger partial charge in [0.25, 0.3) is 0 Å². The lowest BCUT2D eigenvalue weighted by atomic mass is 9.98. The van der Waals surface area contributed by atoms with E-state index >= 15 is 0 Å². The molecule has 1 atom stereocenters. The molecule has 144 valence electrons. The molecule has 0 aromatic heterocycles. The second-order valence-electron chi connectivity index (χ2n) is 7.19. The van der Waals surface area contributed by atoms with Crippen molar-refractivity contribution >= 4 is 5.91 Å². The molecule has 3 rings (SSSR count). The van der Waals surface area contributed by atoms with Crippen LogP contribution >= 0.6 is 0 Å². The average Bonchev–Trinajstić information content (AvgIpc) is 2.87. The Bertz CT molecular complexity index is 597. The first kappa shape index (κ1) is 19.2. The molecule has 1 N–H and O–H groups in total. The molecule has 2 fully saturated rings. The quantitative estimate of drug-likeness (QED) is 0.890. The second-order valence-corrected chi connectivity index (χ2v) is 7.19. The summed E-state index contributed by atoms with van der Waals surface area (Å²) in [6.45, 7) is 5.44. The maximum absolute atomic E-state index is 12.7. The van der Waals surface area contributed by atoms with Crippen molar-refractivity contribution in [3.63, 3.8) is 0 Å². The lowest BCUT2D eigenvalue weighted by Gasteiger charge is -2.29. The van der Waals surface area contributed by atoms with Gasteiger partial charge < -0.3 is 10.2 Å². The Hall–Kier alpha value is -1.60. The highest BCUT2D eigenvalue weighted by Crippen LogP contribution is 2.29. The number of carbonyl (C=O) groups is 1. The number of amides is 1. The summed E-state index contributed by atoms with van der Waals surface area (Å²) in [4.78, 5) is 16.8. The third-order valence-corrected chi connectivity index (χ3v) is 5.23. The monoisotopic (exact) mass is 369 g/mol. The number of alkyl halides is 3. The van der Waals surface area contributed by atoms with Crippen LogP contribution in [0.4, 0.5) is 13.2 Å². The molecular weight excluding hydrogens is 343 g/mol. The second kappa shape index (κ2) is 8.39. The SMILES string of the molecule is O=C(C1CCCNC1)N1CCCN(Cc2ccc(C(F)(F)F)cc2)CC1. The summed E-state index contributed by atoms with van der Waals surface area (Å²) in [5, 5.41) is 3.29.